The van der Waals surface area contributed by atoms with Crippen LogP contribution in [0.1, 0.15) is 35.6 Å². The Kier molecular flexibility index (Phi) is 6.02. The summed E-state index contributed by atoms with van der Waals surface area (Å²) < 4.78 is 0. The number of likely N-dealkylation sites (tertiary alicyclic amines) is 1. The highest BCUT2D eigenvalue weighted by atomic mass is 16.2. The Morgan fingerprint density at radius 1 is 1.20 bits per heavy atom. The van der Waals surface area contributed by atoms with E-state index >= 15 is 0 Å². The molecule has 3 heterocycles. The molecule has 1 fully saturated rings. The topological polar surface area (TPSA) is 71.0 Å². The van der Waals surface area contributed by atoms with E-state index in [2.05, 4.69) is 34.3 Å². The zero-order chi connectivity index (χ0) is 20.9. The standard InChI is InChI=1S/C24H27N5O/c1-17-6-3-7-18(12-17)13-23(30)29-11-5-9-20(16-29)21-14-22(25-2)28-24(27-21)19-8-4-10-26-15-19/h3-4,6-8,10,12,14-15,20H,5,9,11,13,16H2,1-2H3,(H,25,27,28). The lowest BCUT2D eigenvalue weighted by Crippen LogP contribution is -2.40. The van der Waals surface area contributed by atoms with Gasteiger partial charge in [-0.25, -0.2) is 9.97 Å². The first-order valence-corrected chi connectivity index (χ1v) is 10.4. The lowest BCUT2D eigenvalue weighted by molar-refractivity contribution is -0.131. The Bertz CT molecular complexity index is 1020. The van der Waals surface area contributed by atoms with Gasteiger partial charge in [-0.2, -0.15) is 0 Å². The lowest BCUT2D eigenvalue weighted by atomic mass is 9.93. The normalized spacial score (nSPS) is 16.3. The highest BCUT2D eigenvalue weighted by Gasteiger charge is 2.26. The van der Waals surface area contributed by atoms with Gasteiger partial charge in [0.1, 0.15) is 5.82 Å². The van der Waals surface area contributed by atoms with Crippen LogP contribution in [0.25, 0.3) is 11.4 Å². The quantitative estimate of drug-likeness (QED) is 0.703. The highest BCUT2D eigenvalue weighted by Crippen LogP contribution is 2.29. The number of carbonyl (C=O) groups is 1. The third-order valence-electron chi connectivity index (χ3n) is 5.55. The first-order valence-electron chi connectivity index (χ1n) is 10.4. The third kappa shape index (κ3) is 4.64. The molecule has 0 saturated carbocycles. The lowest BCUT2D eigenvalue weighted by Gasteiger charge is -2.33. The summed E-state index contributed by atoms with van der Waals surface area (Å²) in [6.45, 7) is 3.55. The highest BCUT2D eigenvalue weighted by molar-refractivity contribution is 5.79. The van der Waals surface area contributed by atoms with Gasteiger partial charge in [0.25, 0.3) is 0 Å². The second-order valence-corrected chi connectivity index (χ2v) is 7.84. The van der Waals surface area contributed by atoms with Crippen molar-refractivity contribution in [2.45, 2.75) is 32.1 Å². The number of hydrogen-bond acceptors (Lipinski definition) is 5. The fourth-order valence-electron chi connectivity index (χ4n) is 3.98. The van der Waals surface area contributed by atoms with Crippen molar-refractivity contribution < 1.29 is 4.79 Å². The molecule has 1 aliphatic rings. The van der Waals surface area contributed by atoms with E-state index in [0.717, 1.165) is 42.0 Å². The zero-order valence-electron chi connectivity index (χ0n) is 17.5. The van der Waals surface area contributed by atoms with E-state index in [1.807, 2.05) is 42.3 Å². The minimum atomic E-state index is 0.181. The van der Waals surface area contributed by atoms with Gasteiger partial charge in [0, 0.05) is 50.1 Å². The summed E-state index contributed by atoms with van der Waals surface area (Å²) >= 11 is 0. The Hall–Kier alpha value is -3.28. The van der Waals surface area contributed by atoms with E-state index < -0.39 is 0 Å². The molecule has 1 atom stereocenters. The van der Waals surface area contributed by atoms with Crippen LogP contribution in [0.3, 0.4) is 0 Å². The largest absolute Gasteiger partial charge is 0.373 e. The maximum absolute atomic E-state index is 12.9. The van der Waals surface area contributed by atoms with Gasteiger partial charge in [-0.15, -0.1) is 0 Å². The van der Waals surface area contributed by atoms with Crippen molar-refractivity contribution in [1.82, 2.24) is 19.9 Å². The molecule has 2 aromatic heterocycles. The molecule has 6 heteroatoms. The van der Waals surface area contributed by atoms with Gasteiger partial charge in [-0.3, -0.25) is 9.78 Å². The van der Waals surface area contributed by atoms with Crippen molar-refractivity contribution in [3.05, 3.63) is 71.7 Å². The molecule has 1 aliphatic heterocycles. The maximum Gasteiger partial charge on any atom is 0.227 e. The van der Waals surface area contributed by atoms with Crippen molar-refractivity contribution in [1.29, 1.82) is 0 Å². The molecule has 1 saturated heterocycles. The Morgan fingerprint density at radius 2 is 2.10 bits per heavy atom. The van der Waals surface area contributed by atoms with Crippen LogP contribution in [0.4, 0.5) is 5.82 Å². The van der Waals surface area contributed by atoms with Crippen LogP contribution in [0.5, 0.6) is 0 Å². The molecule has 0 aliphatic carbocycles. The van der Waals surface area contributed by atoms with E-state index in [-0.39, 0.29) is 11.8 Å². The molecule has 154 valence electrons. The summed E-state index contributed by atoms with van der Waals surface area (Å²) in [5.74, 6) is 1.82. The van der Waals surface area contributed by atoms with Gasteiger partial charge in [-0.1, -0.05) is 29.8 Å². The number of piperidine rings is 1. The molecule has 1 amide bonds. The molecule has 3 aromatic rings. The average molecular weight is 402 g/mol. The number of nitrogens with one attached hydrogen (secondary N) is 1. The second kappa shape index (κ2) is 9.03. The SMILES string of the molecule is CNc1cc(C2CCCN(C(=O)Cc3cccc(C)c3)C2)nc(-c2cccnc2)n1. The number of aryl methyl sites for hydroxylation is 1. The zero-order valence-corrected chi connectivity index (χ0v) is 17.5. The molecule has 4 rings (SSSR count). The number of aromatic nitrogens is 3. The number of rotatable bonds is 5. The monoisotopic (exact) mass is 401 g/mol. The first kappa shape index (κ1) is 20.0. The third-order valence-corrected chi connectivity index (χ3v) is 5.55. The molecule has 30 heavy (non-hydrogen) atoms. The van der Waals surface area contributed by atoms with Gasteiger partial charge in [0.15, 0.2) is 5.82 Å². The van der Waals surface area contributed by atoms with Crippen LogP contribution < -0.4 is 5.32 Å². The smallest absolute Gasteiger partial charge is 0.227 e. The number of benzene rings is 1. The van der Waals surface area contributed by atoms with Crippen molar-refractivity contribution in [3.63, 3.8) is 0 Å². The van der Waals surface area contributed by atoms with Crippen LogP contribution in [0, 0.1) is 6.92 Å². The van der Waals surface area contributed by atoms with Crippen LogP contribution >= 0.6 is 0 Å². The molecule has 1 unspecified atom stereocenters. The summed E-state index contributed by atoms with van der Waals surface area (Å²) in [4.78, 5) is 28.5. The van der Waals surface area contributed by atoms with E-state index in [9.17, 15) is 4.79 Å². The van der Waals surface area contributed by atoms with E-state index in [1.54, 1.807) is 12.4 Å². The molecular weight excluding hydrogens is 374 g/mol. The molecule has 1 N–H and O–H groups in total. The summed E-state index contributed by atoms with van der Waals surface area (Å²) in [5.41, 5.74) is 4.11. The summed E-state index contributed by atoms with van der Waals surface area (Å²) in [7, 11) is 1.86. The molecule has 0 radical (unpaired) electrons. The summed E-state index contributed by atoms with van der Waals surface area (Å²) in [6, 6.07) is 14.0. The molecule has 6 nitrogen and oxygen atoms in total. The molecule has 0 spiro atoms. The van der Waals surface area contributed by atoms with Crippen molar-refractivity contribution in [3.8, 4) is 11.4 Å². The minimum Gasteiger partial charge on any atom is -0.373 e. The second-order valence-electron chi connectivity index (χ2n) is 7.84. The number of amides is 1. The predicted octanol–water partition coefficient (Wildman–Crippen LogP) is 3.84. The fourth-order valence-corrected chi connectivity index (χ4v) is 3.98. The van der Waals surface area contributed by atoms with Crippen LogP contribution in [-0.4, -0.2) is 45.9 Å². The Balaban J connectivity index is 1.53. The van der Waals surface area contributed by atoms with Crippen LogP contribution in [0.2, 0.25) is 0 Å². The average Bonchev–Trinajstić information content (AvgIpc) is 2.79. The number of pyridine rings is 1. The number of anilines is 1. The summed E-state index contributed by atoms with van der Waals surface area (Å²) in [6.07, 6.45) is 5.95. The number of nitrogens with zero attached hydrogens (tertiary/aromatic N) is 4. The van der Waals surface area contributed by atoms with Gasteiger partial charge < -0.3 is 10.2 Å². The van der Waals surface area contributed by atoms with Crippen LogP contribution in [-0.2, 0) is 11.2 Å². The molecule has 1 aromatic carbocycles. The van der Waals surface area contributed by atoms with Gasteiger partial charge >= 0.3 is 0 Å². The Labute approximate surface area is 177 Å². The van der Waals surface area contributed by atoms with Gasteiger partial charge in [0.2, 0.25) is 5.91 Å². The van der Waals surface area contributed by atoms with Crippen LogP contribution in [0.15, 0.2) is 54.9 Å². The number of carbonyl (C=O) groups excluding carboxylic acids is 1. The maximum atomic E-state index is 12.9. The van der Waals surface area contributed by atoms with Crippen molar-refractivity contribution >= 4 is 11.7 Å². The van der Waals surface area contributed by atoms with E-state index in [4.69, 9.17) is 4.98 Å². The Morgan fingerprint density at radius 3 is 2.87 bits per heavy atom. The fraction of sp³-hybridized carbons (Fsp3) is 0.333. The molecular formula is C24H27N5O. The van der Waals surface area contributed by atoms with Gasteiger partial charge in [-0.05, 0) is 37.5 Å². The van der Waals surface area contributed by atoms with E-state index in [0.29, 0.717) is 18.8 Å². The van der Waals surface area contributed by atoms with E-state index in [1.165, 1.54) is 5.56 Å². The van der Waals surface area contributed by atoms with Gasteiger partial charge in [0.05, 0.1) is 12.1 Å². The first-order chi connectivity index (χ1) is 14.6. The molecule has 0 bridgehead atoms. The minimum absolute atomic E-state index is 0.181. The van der Waals surface area contributed by atoms with Crippen molar-refractivity contribution in [2.75, 3.05) is 25.5 Å². The van der Waals surface area contributed by atoms with Crippen molar-refractivity contribution in [2.24, 2.45) is 0 Å². The summed E-state index contributed by atoms with van der Waals surface area (Å²) in [5, 5.41) is 3.14. The number of hydrogen-bond donors (Lipinski definition) is 1. The predicted molar refractivity (Wildman–Crippen MR) is 118 cm³/mol.